The molecule has 2 aromatic heterocycles. The largest absolute Gasteiger partial charge is 0.355 e. The van der Waals surface area contributed by atoms with Crippen molar-refractivity contribution in [3.05, 3.63) is 60.4 Å². The number of amides is 1. The van der Waals surface area contributed by atoms with Crippen LogP contribution in [0.1, 0.15) is 22.5 Å². The number of rotatable bonds is 3. The highest BCUT2D eigenvalue weighted by Gasteiger charge is 2.25. The van der Waals surface area contributed by atoms with Gasteiger partial charge in [-0.3, -0.25) is 9.36 Å². The zero-order chi connectivity index (χ0) is 19.6. The Kier molecular flexibility index (Phi) is 4.93. The third kappa shape index (κ3) is 3.60. The smallest absolute Gasteiger partial charge is 0.278 e. The van der Waals surface area contributed by atoms with E-state index in [2.05, 4.69) is 25.9 Å². The number of carbonyl (C=O) groups is 1. The van der Waals surface area contributed by atoms with E-state index in [0.717, 1.165) is 54.8 Å². The summed E-state index contributed by atoms with van der Waals surface area (Å²) in [5.74, 6) is 3.79. The molecule has 1 fully saturated rings. The Bertz CT molecular complexity index is 1030. The lowest BCUT2D eigenvalue weighted by Gasteiger charge is -2.28. The van der Waals surface area contributed by atoms with E-state index >= 15 is 0 Å². The summed E-state index contributed by atoms with van der Waals surface area (Å²) in [5.41, 5.74) is 2.63. The van der Waals surface area contributed by atoms with Crippen LogP contribution in [-0.2, 0) is 6.42 Å². The van der Waals surface area contributed by atoms with E-state index in [-0.39, 0.29) is 5.91 Å². The number of benzene rings is 1. The zero-order valence-electron chi connectivity index (χ0n) is 16.1. The van der Waals surface area contributed by atoms with Crippen molar-refractivity contribution in [2.45, 2.75) is 12.8 Å². The predicted molar refractivity (Wildman–Crippen MR) is 115 cm³/mol. The van der Waals surface area contributed by atoms with Crippen molar-refractivity contribution in [2.75, 3.05) is 40.9 Å². The second kappa shape index (κ2) is 7.87. The third-order valence-corrected chi connectivity index (χ3v) is 6.34. The molecule has 29 heavy (non-hydrogen) atoms. The standard InChI is InChI=1S/C21H22N6OS/c28-21(27-7-3-5-16-4-1-2-6-18(16)27)17-13-26(15-24-17)20-12-19(22-14-23-20)25-8-10-29-11-9-25/h1-2,4,6,12-15H,3,5,7-11H2. The van der Waals surface area contributed by atoms with Crippen LogP contribution >= 0.6 is 11.8 Å². The van der Waals surface area contributed by atoms with Crippen molar-refractivity contribution in [3.8, 4) is 5.82 Å². The topological polar surface area (TPSA) is 67.2 Å². The van der Waals surface area contributed by atoms with Gasteiger partial charge < -0.3 is 9.80 Å². The number of para-hydroxylation sites is 1. The van der Waals surface area contributed by atoms with Crippen molar-refractivity contribution in [3.63, 3.8) is 0 Å². The van der Waals surface area contributed by atoms with Gasteiger partial charge in [-0.1, -0.05) is 18.2 Å². The van der Waals surface area contributed by atoms with Gasteiger partial charge in [-0.15, -0.1) is 0 Å². The first-order valence-electron chi connectivity index (χ1n) is 9.88. The van der Waals surface area contributed by atoms with E-state index in [1.54, 1.807) is 23.4 Å². The summed E-state index contributed by atoms with van der Waals surface area (Å²) in [6, 6.07) is 10.1. The van der Waals surface area contributed by atoms with Gasteiger partial charge in [0, 0.05) is 49.1 Å². The summed E-state index contributed by atoms with van der Waals surface area (Å²) >= 11 is 1.97. The van der Waals surface area contributed by atoms with Crippen LogP contribution in [-0.4, -0.2) is 56.6 Å². The molecular weight excluding hydrogens is 384 g/mol. The number of carbonyl (C=O) groups excluding carboxylic acids is 1. The molecule has 2 aliphatic rings. The average Bonchev–Trinajstić information content (AvgIpc) is 3.29. The quantitative estimate of drug-likeness (QED) is 0.666. The number of imidazole rings is 1. The number of fused-ring (bicyclic) bond motifs is 1. The van der Waals surface area contributed by atoms with Gasteiger partial charge in [0.05, 0.1) is 0 Å². The Labute approximate surface area is 173 Å². The lowest BCUT2D eigenvalue weighted by atomic mass is 10.0. The average molecular weight is 407 g/mol. The van der Waals surface area contributed by atoms with Crippen molar-refractivity contribution in [2.24, 2.45) is 0 Å². The highest BCUT2D eigenvalue weighted by Crippen LogP contribution is 2.28. The summed E-state index contributed by atoms with van der Waals surface area (Å²) in [4.78, 5) is 30.4. The van der Waals surface area contributed by atoms with Crippen molar-refractivity contribution in [1.29, 1.82) is 0 Å². The monoisotopic (exact) mass is 406 g/mol. The summed E-state index contributed by atoms with van der Waals surface area (Å²) in [6.07, 6.45) is 6.97. The van der Waals surface area contributed by atoms with Gasteiger partial charge in [0.2, 0.25) is 0 Å². The van der Waals surface area contributed by atoms with E-state index in [1.165, 1.54) is 5.56 Å². The van der Waals surface area contributed by atoms with Gasteiger partial charge in [-0.25, -0.2) is 15.0 Å². The van der Waals surface area contributed by atoms with Crippen LogP contribution in [0.25, 0.3) is 5.82 Å². The minimum atomic E-state index is -0.0711. The molecule has 4 heterocycles. The fourth-order valence-electron chi connectivity index (χ4n) is 3.89. The Morgan fingerprint density at radius 3 is 2.72 bits per heavy atom. The summed E-state index contributed by atoms with van der Waals surface area (Å²) in [6.45, 7) is 2.69. The van der Waals surface area contributed by atoms with Crippen LogP contribution in [0, 0.1) is 0 Å². The number of hydrogen-bond acceptors (Lipinski definition) is 6. The van der Waals surface area contributed by atoms with Gasteiger partial charge in [-0.2, -0.15) is 11.8 Å². The van der Waals surface area contributed by atoms with E-state index in [0.29, 0.717) is 12.2 Å². The predicted octanol–water partition coefficient (Wildman–Crippen LogP) is 2.81. The molecule has 0 unspecified atom stereocenters. The lowest BCUT2D eigenvalue weighted by Crippen LogP contribution is -2.35. The van der Waals surface area contributed by atoms with E-state index in [9.17, 15) is 4.79 Å². The van der Waals surface area contributed by atoms with Crippen LogP contribution in [0.15, 0.2) is 49.2 Å². The maximum Gasteiger partial charge on any atom is 0.278 e. The number of aryl methyl sites for hydroxylation is 1. The number of hydrogen-bond donors (Lipinski definition) is 0. The van der Waals surface area contributed by atoms with Gasteiger partial charge in [0.25, 0.3) is 5.91 Å². The van der Waals surface area contributed by atoms with Gasteiger partial charge in [0.1, 0.15) is 30.0 Å². The third-order valence-electron chi connectivity index (χ3n) is 5.39. The van der Waals surface area contributed by atoms with Crippen molar-refractivity contribution >= 4 is 29.2 Å². The number of aromatic nitrogens is 4. The molecule has 0 spiro atoms. The summed E-state index contributed by atoms with van der Waals surface area (Å²) in [5, 5.41) is 0. The highest BCUT2D eigenvalue weighted by atomic mass is 32.2. The molecule has 0 radical (unpaired) electrons. The normalized spacial score (nSPS) is 16.6. The molecule has 148 valence electrons. The molecule has 7 nitrogen and oxygen atoms in total. The molecule has 2 aliphatic heterocycles. The van der Waals surface area contributed by atoms with Crippen molar-refractivity contribution < 1.29 is 4.79 Å². The highest BCUT2D eigenvalue weighted by molar-refractivity contribution is 7.99. The number of nitrogens with zero attached hydrogens (tertiary/aromatic N) is 6. The minimum absolute atomic E-state index is 0.0711. The maximum absolute atomic E-state index is 13.1. The second-order valence-corrected chi connectivity index (χ2v) is 8.41. The molecule has 1 aromatic carbocycles. The van der Waals surface area contributed by atoms with Crippen molar-refractivity contribution in [1.82, 2.24) is 19.5 Å². The first-order chi connectivity index (χ1) is 14.3. The fraction of sp³-hybridized carbons (Fsp3) is 0.333. The summed E-state index contributed by atoms with van der Waals surface area (Å²) < 4.78 is 1.80. The minimum Gasteiger partial charge on any atom is -0.355 e. The SMILES string of the molecule is O=C(c1cn(-c2cc(N3CCSCC3)ncn2)cn1)N1CCCc2ccccc21. The first kappa shape index (κ1) is 18.2. The Morgan fingerprint density at radius 2 is 1.83 bits per heavy atom. The lowest BCUT2D eigenvalue weighted by molar-refractivity contribution is 0.0981. The molecule has 1 amide bonds. The van der Waals surface area contributed by atoms with Crippen LogP contribution < -0.4 is 9.80 Å². The Balaban J connectivity index is 1.39. The number of thioether (sulfide) groups is 1. The molecule has 0 atom stereocenters. The van der Waals surface area contributed by atoms with Crippen LogP contribution in [0.4, 0.5) is 11.5 Å². The van der Waals surface area contributed by atoms with Crippen LogP contribution in [0.2, 0.25) is 0 Å². The van der Waals surface area contributed by atoms with Gasteiger partial charge in [-0.05, 0) is 24.5 Å². The molecule has 8 heteroatoms. The number of anilines is 2. The Hall–Kier alpha value is -2.87. The molecule has 1 saturated heterocycles. The van der Waals surface area contributed by atoms with E-state index in [1.807, 2.05) is 40.9 Å². The second-order valence-electron chi connectivity index (χ2n) is 7.19. The molecule has 0 N–H and O–H groups in total. The van der Waals surface area contributed by atoms with E-state index < -0.39 is 0 Å². The molecule has 5 rings (SSSR count). The fourth-order valence-corrected chi connectivity index (χ4v) is 4.79. The maximum atomic E-state index is 13.1. The Morgan fingerprint density at radius 1 is 1.00 bits per heavy atom. The molecular formula is C21H22N6OS. The van der Waals surface area contributed by atoms with Gasteiger partial charge in [0.15, 0.2) is 0 Å². The molecule has 3 aromatic rings. The molecule has 0 saturated carbocycles. The summed E-state index contributed by atoms with van der Waals surface area (Å²) in [7, 11) is 0. The first-order valence-corrected chi connectivity index (χ1v) is 11.0. The van der Waals surface area contributed by atoms with Crippen LogP contribution in [0.3, 0.4) is 0 Å². The molecule has 0 bridgehead atoms. The van der Waals surface area contributed by atoms with Gasteiger partial charge >= 0.3 is 0 Å². The molecule has 0 aliphatic carbocycles. The zero-order valence-corrected chi connectivity index (χ0v) is 16.9. The van der Waals surface area contributed by atoms with E-state index in [4.69, 9.17) is 0 Å². The van der Waals surface area contributed by atoms with Crippen LogP contribution in [0.5, 0.6) is 0 Å².